The number of H-pyrrole nitrogens is 1. The number of aromatic nitrogens is 3. The van der Waals surface area contributed by atoms with Crippen molar-refractivity contribution in [1.29, 1.82) is 0 Å². The molecular weight excluding hydrogens is 288 g/mol. The number of benzene rings is 1. The second-order valence-electron chi connectivity index (χ2n) is 6.57. The van der Waals surface area contributed by atoms with Crippen LogP contribution in [-0.2, 0) is 6.42 Å². The van der Waals surface area contributed by atoms with Crippen molar-refractivity contribution < 1.29 is 5.11 Å². The van der Waals surface area contributed by atoms with Gasteiger partial charge in [-0.3, -0.25) is 0 Å². The average molecular weight is 310 g/mol. The molecule has 1 aromatic carbocycles. The maximum atomic E-state index is 9.88. The van der Waals surface area contributed by atoms with Crippen LogP contribution in [0, 0.1) is 5.92 Å². The molecule has 0 amide bonds. The van der Waals surface area contributed by atoms with Crippen LogP contribution in [0.1, 0.15) is 32.5 Å². The van der Waals surface area contributed by atoms with Gasteiger partial charge in [-0.05, 0) is 37.0 Å². The third-order valence-electron chi connectivity index (χ3n) is 4.86. The monoisotopic (exact) mass is 310 g/mol. The van der Waals surface area contributed by atoms with Crippen molar-refractivity contribution in [3.63, 3.8) is 0 Å². The van der Waals surface area contributed by atoms with Crippen LogP contribution in [0.15, 0.2) is 18.2 Å². The first kappa shape index (κ1) is 14.3. The topological polar surface area (TPSA) is 65.0 Å². The molecule has 0 unspecified atom stereocenters. The van der Waals surface area contributed by atoms with Gasteiger partial charge >= 0.3 is 0 Å². The molecule has 0 spiro atoms. The van der Waals surface area contributed by atoms with Gasteiger partial charge in [0.05, 0.1) is 5.39 Å². The highest BCUT2D eigenvalue weighted by atomic mass is 16.3. The lowest BCUT2D eigenvalue weighted by Gasteiger charge is -2.31. The first-order valence-electron chi connectivity index (χ1n) is 8.42. The lowest BCUT2D eigenvalue weighted by atomic mass is 9.99. The van der Waals surface area contributed by atoms with E-state index in [1.807, 2.05) is 6.07 Å². The van der Waals surface area contributed by atoms with E-state index in [4.69, 9.17) is 4.98 Å². The Hall–Kier alpha value is -2.30. The summed E-state index contributed by atoms with van der Waals surface area (Å²) in [6.45, 7) is 6.45. The number of phenols is 1. The van der Waals surface area contributed by atoms with Crippen molar-refractivity contribution in [2.45, 2.75) is 33.1 Å². The number of piperidine rings is 1. The molecule has 1 aliphatic rings. The third-order valence-corrected chi connectivity index (χ3v) is 4.86. The molecule has 2 aromatic heterocycles. The van der Waals surface area contributed by atoms with Crippen LogP contribution in [0.5, 0.6) is 5.75 Å². The van der Waals surface area contributed by atoms with Crippen LogP contribution >= 0.6 is 0 Å². The second kappa shape index (κ2) is 5.41. The van der Waals surface area contributed by atoms with E-state index in [0.29, 0.717) is 0 Å². The predicted molar refractivity (Wildman–Crippen MR) is 93.0 cm³/mol. The molecule has 120 valence electrons. The van der Waals surface area contributed by atoms with Gasteiger partial charge in [0.2, 0.25) is 0 Å². The minimum Gasteiger partial charge on any atom is -0.508 e. The number of phenolic OH excluding ortho intramolecular Hbond substituents is 1. The highest BCUT2D eigenvalue weighted by Crippen LogP contribution is 2.35. The Morgan fingerprint density at radius 3 is 2.78 bits per heavy atom. The summed E-state index contributed by atoms with van der Waals surface area (Å²) in [6.07, 6.45) is 3.20. The van der Waals surface area contributed by atoms with Gasteiger partial charge in [0.1, 0.15) is 23.0 Å². The zero-order chi connectivity index (χ0) is 16.0. The van der Waals surface area contributed by atoms with E-state index in [9.17, 15) is 5.11 Å². The Labute approximate surface area is 135 Å². The number of anilines is 1. The second-order valence-corrected chi connectivity index (χ2v) is 6.57. The normalized spacial score (nSPS) is 16.5. The van der Waals surface area contributed by atoms with Gasteiger partial charge in [-0.25, -0.2) is 9.97 Å². The number of aromatic hydroxyl groups is 1. The standard InChI is InChI=1S/C18H22N4O/c1-3-15-20-17-16(13-10-12(23)4-5-14(13)19-17)18(21-15)22-8-6-11(2)7-9-22/h4-5,10-11,23H,3,6-9H2,1-2H3,(H,19,20,21). The molecule has 0 atom stereocenters. The average Bonchev–Trinajstić information content (AvgIpc) is 2.92. The summed E-state index contributed by atoms with van der Waals surface area (Å²) >= 11 is 0. The highest BCUT2D eigenvalue weighted by molar-refractivity contribution is 6.11. The van der Waals surface area contributed by atoms with E-state index in [1.165, 1.54) is 12.8 Å². The molecule has 0 bridgehead atoms. The van der Waals surface area contributed by atoms with E-state index in [2.05, 4.69) is 28.7 Å². The molecule has 5 nitrogen and oxygen atoms in total. The maximum Gasteiger partial charge on any atom is 0.144 e. The lowest BCUT2D eigenvalue weighted by Crippen LogP contribution is -2.33. The molecule has 5 heteroatoms. The zero-order valence-corrected chi connectivity index (χ0v) is 13.6. The van der Waals surface area contributed by atoms with Gasteiger partial charge in [-0.15, -0.1) is 0 Å². The third kappa shape index (κ3) is 2.40. The van der Waals surface area contributed by atoms with E-state index in [-0.39, 0.29) is 5.75 Å². The summed E-state index contributed by atoms with van der Waals surface area (Å²) in [5.74, 6) is 2.93. The van der Waals surface area contributed by atoms with Crippen LogP contribution in [-0.4, -0.2) is 33.1 Å². The Balaban J connectivity index is 1.96. The van der Waals surface area contributed by atoms with E-state index < -0.39 is 0 Å². The first-order chi connectivity index (χ1) is 11.2. The Morgan fingerprint density at radius 2 is 2.04 bits per heavy atom. The molecule has 0 radical (unpaired) electrons. The molecule has 1 fully saturated rings. The molecule has 3 aromatic rings. The molecule has 1 saturated heterocycles. The fourth-order valence-electron chi connectivity index (χ4n) is 3.42. The van der Waals surface area contributed by atoms with Gasteiger partial charge in [0, 0.05) is 30.4 Å². The largest absolute Gasteiger partial charge is 0.508 e. The SMILES string of the molecule is CCc1nc(N2CCC(C)CC2)c2c(n1)[nH]c1ccc(O)cc12. The molecular formula is C18H22N4O. The van der Waals surface area contributed by atoms with Crippen molar-refractivity contribution in [1.82, 2.24) is 15.0 Å². The number of hydrogen-bond acceptors (Lipinski definition) is 4. The minimum absolute atomic E-state index is 0.274. The van der Waals surface area contributed by atoms with Crippen LogP contribution in [0.25, 0.3) is 21.9 Å². The molecule has 23 heavy (non-hydrogen) atoms. The van der Waals surface area contributed by atoms with E-state index in [0.717, 1.165) is 59.0 Å². The van der Waals surface area contributed by atoms with Gasteiger partial charge in [0.15, 0.2) is 0 Å². The number of nitrogens with zero attached hydrogens (tertiary/aromatic N) is 3. The summed E-state index contributed by atoms with van der Waals surface area (Å²) in [6, 6.07) is 5.41. The predicted octanol–water partition coefficient (Wildman–Crippen LogP) is 3.62. The lowest BCUT2D eigenvalue weighted by molar-refractivity contribution is 0.437. The van der Waals surface area contributed by atoms with Crippen molar-refractivity contribution in [2.24, 2.45) is 5.92 Å². The summed E-state index contributed by atoms with van der Waals surface area (Å²) in [7, 11) is 0. The van der Waals surface area contributed by atoms with E-state index >= 15 is 0 Å². The number of rotatable bonds is 2. The van der Waals surface area contributed by atoms with Gasteiger partial charge < -0.3 is 15.0 Å². The molecule has 0 saturated carbocycles. The van der Waals surface area contributed by atoms with Crippen molar-refractivity contribution in [2.75, 3.05) is 18.0 Å². The molecule has 3 heterocycles. The highest BCUT2D eigenvalue weighted by Gasteiger charge is 2.22. The number of aromatic amines is 1. The maximum absolute atomic E-state index is 9.88. The number of hydrogen-bond donors (Lipinski definition) is 2. The molecule has 1 aliphatic heterocycles. The first-order valence-corrected chi connectivity index (χ1v) is 8.42. The number of nitrogens with one attached hydrogen (secondary N) is 1. The summed E-state index contributed by atoms with van der Waals surface area (Å²) in [5.41, 5.74) is 1.86. The van der Waals surface area contributed by atoms with Crippen LogP contribution in [0.4, 0.5) is 5.82 Å². The fourth-order valence-corrected chi connectivity index (χ4v) is 3.42. The van der Waals surface area contributed by atoms with Crippen molar-refractivity contribution >= 4 is 27.8 Å². The Morgan fingerprint density at radius 1 is 1.26 bits per heavy atom. The van der Waals surface area contributed by atoms with Gasteiger partial charge in [0.25, 0.3) is 0 Å². The van der Waals surface area contributed by atoms with Crippen LogP contribution in [0.3, 0.4) is 0 Å². The van der Waals surface area contributed by atoms with Crippen LogP contribution < -0.4 is 4.90 Å². The molecule has 4 rings (SSSR count). The Bertz CT molecular complexity index is 862. The quantitative estimate of drug-likeness (QED) is 0.759. The van der Waals surface area contributed by atoms with E-state index in [1.54, 1.807) is 12.1 Å². The van der Waals surface area contributed by atoms with Crippen LogP contribution in [0.2, 0.25) is 0 Å². The number of fused-ring (bicyclic) bond motifs is 3. The van der Waals surface area contributed by atoms with Gasteiger partial charge in [-0.1, -0.05) is 13.8 Å². The molecule has 0 aliphatic carbocycles. The fraction of sp³-hybridized carbons (Fsp3) is 0.444. The number of aryl methyl sites for hydroxylation is 1. The summed E-state index contributed by atoms with van der Waals surface area (Å²) in [4.78, 5) is 15.2. The molecule has 2 N–H and O–H groups in total. The zero-order valence-electron chi connectivity index (χ0n) is 13.6. The van der Waals surface area contributed by atoms with Crippen molar-refractivity contribution in [3.8, 4) is 5.75 Å². The minimum atomic E-state index is 0.274. The Kier molecular flexibility index (Phi) is 3.36. The summed E-state index contributed by atoms with van der Waals surface area (Å²) in [5, 5.41) is 11.9. The van der Waals surface area contributed by atoms with Gasteiger partial charge in [-0.2, -0.15) is 0 Å². The van der Waals surface area contributed by atoms with Crippen molar-refractivity contribution in [3.05, 3.63) is 24.0 Å². The smallest absolute Gasteiger partial charge is 0.144 e. The summed E-state index contributed by atoms with van der Waals surface area (Å²) < 4.78 is 0.